The molecule has 1 aliphatic rings. The average Bonchev–Trinajstić information content (AvgIpc) is 3.02. The lowest BCUT2D eigenvalue weighted by Crippen LogP contribution is -2.28. The van der Waals surface area contributed by atoms with E-state index in [1.54, 1.807) is 48.5 Å². The summed E-state index contributed by atoms with van der Waals surface area (Å²) >= 11 is 13.3. The van der Waals surface area contributed by atoms with E-state index >= 15 is 0 Å². The molecule has 1 heterocycles. The maximum atomic E-state index is 14.2. The van der Waals surface area contributed by atoms with Crippen molar-refractivity contribution >= 4 is 77.8 Å². The number of nitrogens with zero attached hydrogens (tertiary/aromatic N) is 1. The molecule has 1 fully saturated rings. The normalized spacial score (nSPS) is 15.0. The third-order valence-electron chi connectivity index (χ3n) is 4.54. The molecule has 9 heteroatoms. The Labute approximate surface area is 209 Å². The third kappa shape index (κ3) is 4.80. The Bertz CT molecular complexity index is 1240. The van der Waals surface area contributed by atoms with E-state index in [0.29, 0.717) is 30.7 Å². The van der Waals surface area contributed by atoms with Gasteiger partial charge in [-0.3, -0.25) is 9.69 Å². The molecule has 3 nitrogen and oxygen atoms in total. The van der Waals surface area contributed by atoms with Crippen LogP contribution in [-0.4, -0.2) is 10.2 Å². The van der Waals surface area contributed by atoms with E-state index in [1.807, 2.05) is 0 Å². The molecule has 4 rings (SSSR count). The molecule has 1 amide bonds. The molecule has 0 saturated carbocycles. The zero-order valence-corrected chi connectivity index (χ0v) is 21.0. The van der Waals surface area contributed by atoms with Gasteiger partial charge in [-0.2, -0.15) is 0 Å². The van der Waals surface area contributed by atoms with Gasteiger partial charge in [-0.15, -0.1) is 0 Å². The number of thioether (sulfide) groups is 1. The van der Waals surface area contributed by atoms with Gasteiger partial charge in [0, 0.05) is 5.56 Å². The molecular formula is C23H13Br2F2NO2S2. The lowest BCUT2D eigenvalue weighted by molar-refractivity contribution is -0.113. The Balaban J connectivity index is 1.57. The number of para-hydroxylation sites is 1. The summed E-state index contributed by atoms with van der Waals surface area (Å²) in [6.07, 6.45) is 1.68. The minimum atomic E-state index is -0.521. The number of carbonyl (C=O) groups excluding carboxylic acids is 1. The summed E-state index contributed by atoms with van der Waals surface area (Å²) < 4.78 is 35.3. The number of rotatable bonds is 5. The Morgan fingerprint density at radius 2 is 1.62 bits per heavy atom. The van der Waals surface area contributed by atoms with Crippen LogP contribution in [0.1, 0.15) is 11.1 Å². The lowest BCUT2D eigenvalue weighted by atomic mass is 10.2. The Morgan fingerprint density at radius 3 is 2.28 bits per heavy atom. The Kier molecular flexibility index (Phi) is 7.09. The van der Waals surface area contributed by atoms with E-state index in [1.165, 1.54) is 23.1 Å². The van der Waals surface area contributed by atoms with E-state index in [2.05, 4.69) is 31.9 Å². The van der Waals surface area contributed by atoms with Gasteiger partial charge in [0.25, 0.3) is 5.91 Å². The molecule has 32 heavy (non-hydrogen) atoms. The summed E-state index contributed by atoms with van der Waals surface area (Å²) in [5.74, 6) is -0.748. The average molecular weight is 597 g/mol. The van der Waals surface area contributed by atoms with Crippen LogP contribution in [0.2, 0.25) is 0 Å². The number of benzene rings is 3. The Hall–Kier alpha value is -2.07. The predicted octanol–water partition coefficient (Wildman–Crippen LogP) is 7.47. The number of thiocarbonyl (C=S) groups is 1. The smallest absolute Gasteiger partial charge is 0.270 e. The molecule has 0 bridgehead atoms. The molecular weight excluding hydrogens is 584 g/mol. The number of ether oxygens (including phenoxy) is 1. The van der Waals surface area contributed by atoms with E-state index in [0.717, 1.165) is 11.8 Å². The first-order chi connectivity index (χ1) is 15.3. The fourth-order valence-electron chi connectivity index (χ4n) is 3.03. The van der Waals surface area contributed by atoms with Crippen molar-refractivity contribution in [3.8, 4) is 5.75 Å². The standard InChI is InChI=1S/C23H13Br2F2NO2S2/c24-15-9-13(10-16(25)21(15)30-12-14-5-1-2-6-17(14)26)11-20-22(29)28(23(31)32-20)19-8-4-3-7-18(19)27/h1-11H,12H2/b20-11+. The largest absolute Gasteiger partial charge is 0.486 e. The van der Waals surface area contributed by atoms with Crippen LogP contribution in [0.5, 0.6) is 5.75 Å². The fourth-order valence-corrected chi connectivity index (χ4v) is 5.76. The number of carbonyl (C=O) groups is 1. The second-order valence-electron chi connectivity index (χ2n) is 6.66. The van der Waals surface area contributed by atoms with Gasteiger partial charge in [0.1, 0.15) is 24.0 Å². The van der Waals surface area contributed by atoms with Crippen LogP contribution in [-0.2, 0) is 11.4 Å². The molecule has 162 valence electrons. The summed E-state index contributed by atoms with van der Waals surface area (Å²) in [4.78, 5) is 14.5. The highest BCUT2D eigenvalue weighted by atomic mass is 79.9. The first-order valence-corrected chi connectivity index (χ1v) is 12.0. The highest BCUT2D eigenvalue weighted by Gasteiger charge is 2.34. The molecule has 0 radical (unpaired) electrons. The van der Waals surface area contributed by atoms with Crippen molar-refractivity contribution in [2.24, 2.45) is 0 Å². The minimum Gasteiger partial charge on any atom is -0.486 e. The number of halogens is 4. The molecule has 0 aromatic heterocycles. The number of amides is 1. The van der Waals surface area contributed by atoms with Gasteiger partial charge in [0.2, 0.25) is 0 Å². The first kappa shape index (κ1) is 23.1. The van der Waals surface area contributed by atoms with Crippen LogP contribution in [0.3, 0.4) is 0 Å². The summed E-state index contributed by atoms with van der Waals surface area (Å²) in [5.41, 5.74) is 1.26. The van der Waals surface area contributed by atoms with Gasteiger partial charge >= 0.3 is 0 Å². The molecule has 1 saturated heterocycles. The van der Waals surface area contributed by atoms with Crippen molar-refractivity contribution in [3.05, 3.63) is 97.3 Å². The molecule has 3 aromatic carbocycles. The van der Waals surface area contributed by atoms with Crippen LogP contribution < -0.4 is 9.64 Å². The van der Waals surface area contributed by atoms with Crippen molar-refractivity contribution < 1.29 is 18.3 Å². The number of hydrogen-bond acceptors (Lipinski definition) is 4. The second kappa shape index (κ2) is 9.82. The molecule has 0 aliphatic carbocycles. The summed E-state index contributed by atoms with van der Waals surface area (Å²) in [6.45, 7) is 0.0600. The van der Waals surface area contributed by atoms with E-state index in [-0.39, 0.29) is 22.4 Å². The molecule has 1 aliphatic heterocycles. The summed E-state index contributed by atoms with van der Waals surface area (Å²) in [7, 11) is 0. The predicted molar refractivity (Wildman–Crippen MR) is 135 cm³/mol. The topological polar surface area (TPSA) is 29.5 Å². The van der Waals surface area contributed by atoms with E-state index in [9.17, 15) is 13.6 Å². The first-order valence-electron chi connectivity index (χ1n) is 9.23. The van der Waals surface area contributed by atoms with Gasteiger partial charge in [0.05, 0.1) is 19.5 Å². The number of anilines is 1. The highest BCUT2D eigenvalue weighted by molar-refractivity contribution is 9.11. The van der Waals surface area contributed by atoms with Gasteiger partial charge in [-0.05, 0) is 73.8 Å². The molecule has 3 aromatic rings. The Morgan fingerprint density at radius 1 is 1.00 bits per heavy atom. The molecule has 0 atom stereocenters. The van der Waals surface area contributed by atoms with Gasteiger partial charge in [-0.25, -0.2) is 8.78 Å². The summed E-state index contributed by atoms with van der Waals surface area (Å²) in [5, 5.41) is 0. The van der Waals surface area contributed by atoms with E-state index < -0.39 is 11.7 Å². The van der Waals surface area contributed by atoms with Crippen molar-refractivity contribution in [1.29, 1.82) is 0 Å². The van der Waals surface area contributed by atoms with Crippen LogP contribution in [0.25, 0.3) is 6.08 Å². The highest BCUT2D eigenvalue weighted by Crippen LogP contribution is 2.39. The lowest BCUT2D eigenvalue weighted by Gasteiger charge is -2.15. The molecule has 0 N–H and O–H groups in total. The monoisotopic (exact) mass is 595 g/mol. The van der Waals surface area contributed by atoms with Crippen molar-refractivity contribution in [2.75, 3.05) is 4.90 Å². The zero-order chi connectivity index (χ0) is 22.8. The van der Waals surface area contributed by atoms with Crippen LogP contribution in [0.15, 0.2) is 74.5 Å². The van der Waals surface area contributed by atoms with Gasteiger partial charge in [-0.1, -0.05) is 54.3 Å². The molecule has 0 spiro atoms. The number of hydrogen-bond donors (Lipinski definition) is 0. The zero-order valence-electron chi connectivity index (χ0n) is 16.2. The van der Waals surface area contributed by atoms with E-state index in [4.69, 9.17) is 17.0 Å². The van der Waals surface area contributed by atoms with Crippen LogP contribution in [0, 0.1) is 11.6 Å². The summed E-state index contributed by atoms with van der Waals surface area (Å²) in [6, 6.07) is 15.9. The SMILES string of the molecule is O=C1/C(=C\c2cc(Br)c(OCc3ccccc3F)c(Br)c2)SC(=S)N1c1ccccc1F. The van der Waals surface area contributed by atoms with Crippen molar-refractivity contribution in [1.82, 2.24) is 0 Å². The maximum Gasteiger partial charge on any atom is 0.270 e. The quantitative estimate of drug-likeness (QED) is 0.226. The third-order valence-corrected chi connectivity index (χ3v) is 7.02. The molecule has 0 unspecified atom stereocenters. The second-order valence-corrected chi connectivity index (χ2v) is 10.0. The van der Waals surface area contributed by atoms with Gasteiger partial charge < -0.3 is 4.74 Å². The maximum absolute atomic E-state index is 14.2. The van der Waals surface area contributed by atoms with Crippen LogP contribution >= 0.6 is 55.8 Å². The van der Waals surface area contributed by atoms with Crippen molar-refractivity contribution in [2.45, 2.75) is 6.61 Å². The fraction of sp³-hybridized carbons (Fsp3) is 0.0435. The minimum absolute atomic E-state index is 0.0600. The van der Waals surface area contributed by atoms with Gasteiger partial charge in [0.15, 0.2) is 4.32 Å². The van der Waals surface area contributed by atoms with Crippen molar-refractivity contribution in [3.63, 3.8) is 0 Å². The van der Waals surface area contributed by atoms with Crippen LogP contribution in [0.4, 0.5) is 14.5 Å².